The second-order valence-electron chi connectivity index (χ2n) is 5.23. The highest BCUT2D eigenvalue weighted by Gasteiger charge is 2.13. The van der Waals surface area contributed by atoms with Gasteiger partial charge in [-0.25, -0.2) is 0 Å². The average Bonchev–Trinajstić information content (AvgIpc) is 2.60. The van der Waals surface area contributed by atoms with Crippen LogP contribution in [0, 0.1) is 0 Å². The van der Waals surface area contributed by atoms with Gasteiger partial charge in [0, 0.05) is 30.6 Å². The van der Waals surface area contributed by atoms with Crippen molar-refractivity contribution in [1.29, 1.82) is 0 Å². The Labute approximate surface area is 139 Å². The van der Waals surface area contributed by atoms with Crippen molar-refractivity contribution < 1.29 is 19.1 Å². The van der Waals surface area contributed by atoms with Crippen LogP contribution in [-0.2, 0) is 9.53 Å². The number of aromatic nitrogens is 1. The molecule has 0 aliphatic heterocycles. The molecule has 0 spiro atoms. The molecule has 1 aromatic carbocycles. The fourth-order valence-electron chi connectivity index (χ4n) is 2.29. The van der Waals surface area contributed by atoms with Gasteiger partial charge in [0.25, 0.3) is 5.91 Å². The van der Waals surface area contributed by atoms with E-state index in [1.165, 1.54) is 13.3 Å². The van der Waals surface area contributed by atoms with Gasteiger partial charge in [-0.15, -0.1) is 0 Å². The van der Waals surface area contributed by atoms with Crippen LogP contribution in [-0.4, -0.2) is 37.6 Å². The highest BCUT2D eigenvalue weighted by Crippen LogP contribution is 2.16. The third-order valence-electron chi connectivity index (χ3n) is 3.65. The number of aromatic amines is 1. The maximum atomic E-state index is 12.4. The Kier molecular flexibility index (Phi) is 5.95. The molecule has 0 saturated carbocycles. The van der Waals surface area contributed by atoms with E-state index in [-0.39, 0.29) is 17.0 Å². The standard InChI is InChI=1S/C17H20N2O5/c1-23-11-6-7-12-14(9-11)19-10-13(16(12)21)17(22)18-8-4-3-5-15(20)24-2/h6-7,9-10H,3-5,8H2,1-2H3,(H,18,22)(H,19,21). The highest BCUT2D eigenvalue weighted by atomic mass is 16.5. The quantitative estimate of drug-likeness (QED) is 0.593. The second kappa shape index (κ2) is 8.14. The molecule has 0 bridgehead atoms. The van der Waals surface area contributed by atoms with Crippen molar-refractivity contribution in [3.8, 4) is 5.75 Å². The van der Waals surface area contributed by atoms with Crippen LogP contribution in [0.3, 0.4) is 0 Å². The molecule has 128 valence electrons. The summed E-state index contributed by atoms with van der Waals surface area (Å²) in [6, 6.07) is 5.00. The number of fused-ring (bicyclic) bond motifs is 1. The van der Waals surface area contributed by atoms with Crippen molar-refractivity contribution in [2.45, 2.75) is 19.3 Å². The van der Waals surface area contributed by atoms with Gasteiger partial charge in [0.05, 0.1) is 19.7 Å². The van der Waals surface area contributed by atoms with E-state index in [2.05, 4.69) is 15.0 Å². The topological polar surface area (TPSA) is 97.5 Å². The first-order valence-corrected chi connectivity index (χ1v) is 7.61. The molecular formula is C17H20N2O5. The number of benzene rings is 1. The first-order chi connectivity index (χ1) is 11.6. The van der Waals surface area contributed by atoms with Gasteiger partial charge in [0.1, 0.15) is 11.3 Å². The maximum absolute atomic E-state index is 12.4. The molecule has 24 heavy (non-hydrogen) atoms. The molecule has 0 radical (unpaired) electrons. The number of esters is 1. The largest absolute Gasteiger partial charge is 0.497 e. The lowest BCUT2D eigenvalue weighted by atomic mass is 10.1. The Morgan fingerprint density at radius 3 is 2.71 bits per heavy atom. The predicted molar refractivity (Wildman–Crippen MR) is 89.3 cm³/mol. The van der Waals surface area contributed by atoms with E-state index in [1.807, 2.05) is 0 Å². The number of ether oxygens (including phenoxy) is 2. The third kappa shape index (κ3) is 4.13. The summed E-state index contributed by atoms with van der Waals surface area (Å²) in [7, 11) is 2.88. The monoisotopic (exact) mass is 332 g/mol. The molecule has 0 atom stereocenters. The van der Waals surface area contributed by atoms with E-state index in [0.29, 0.717) is 42.5 Å². The highest BCUT2D eigenvalue weighted by molar-refractivity contribution is 5.97. The van der Waals surface area contributed by atoms with Crippen molar-refractivity contribution in [2.24, 2.45) is 0 Å². The molecule has 0 aliphatic rings. The molecule has 1 aromatic heterocycles. The molecule has 2 rings (SSSR count). The van der Waals surface area contributed by atoms with Gasteiger partial charge in [-0.1, -0.05) is 0 Å². The summed E-state index contributed by atoms with van der Waals surface area (Å²) in [4.78, 5) is 38.5. The summed E-state index contributed by atoms with van der Waals surface area (Å²) < 4.78 is 9.65. The van der Waals surface area contributed by atoms with Crippen LogP contribution < -0.4 is 15.5 Å². The lowest BCUT2D eigenvalue weighted by Crippen LogP contribution is -2.29. The summed E-state index contributed by atoms with van der Waals surface area (Å²) in [6.45, 7) is 0.385. The van der Waals surface area contributed by atoms with Gasteiger partial charge in [-0.3, -0.25) is 14.4 Å². The van der Waals surface area contributed by atoms with Crippen molar-refractivity contribution in [1.82, 2.24) is 10.3 Å². The van der Waals surface area contributed by atoms with E-state index >= 15 is 0 Å². The number of hydrogen-bond donors (Lipinski definition) is 2. The molecule has 7 nitrogen and oxygen atoms in total. The number of carbonyl (C=O) groups is 2. The fraction of sp³-hybridized carbons (Fsp3) is 0.353. The summed E-state index contributed by atoms with van der Waals surface area (Å²) in [6.07, 6.45) is 2.95. The second-order valence-corrected chi connectivity index (χ2v) is 5.23. The SMILES string of the molecule is COC(=O)CCCCNC(=O)c1c[nH]c2cc(OC)ccc2c1=O. The molecule has 7 heteroatoms. The van der Waals surface area contributed by atoms with Crippen LogP contribution in [0.4, 0.5) is 0 Å². The van der Waals surface area contributed by atoms with E-state index in [9.17, 15) is 14.4 Å². The first kappa shape index (κ1) is 17.5. The van der Waals surface area contributed by atoms with Gasteiger partial charge >= 0.3 is 5.97 Å². The summed E-state index contributed by atoms with van der Waals surface area (Å²) in [5.41, 5.74) is 0.327. The molecule has 2 N–H and O–H groups in total. The Bertz CT molecular complexity index is 797. The number of pyridine rings is 1. The minimum atomic E-state index is -0.438. The molecule has 2 aromatic rings. The van der Waals surface area contributed by atoms with E-state index < -0.39 is 5.91 Å². The summed E-state index contributed by atoms with van der Waals surface area (Å²) in [5.74, 6) is -0.0873. The molecule has 1 heterocycles. The number of rotatable bonds is 7. The number of methoxy groups -OCH3 is 2. The number of amides is 1. The van der Waals surface area contributed by atoms with Crippen molar-refractivity contribution >= 4 is 22.8 Å². The van der Waals surface area contributed by atoms with Gasteiger partial charge in [-0.05, 0) is 25.0 Å². The Morgan fingerprint density at radius 2 is 2.00 bits per heavy atom. The summed E-state index contributed by atoms with van der Waals surface area (Å²) in [5, 5.41) is 3.11. The smallest absolute Gasteiger partial charge is 0.305 e. The lowest BCUT2D eigenvalue weighted by Gasteiger charge is -2.07. The van der Waals surface area contributed by atoms with Gasteiger partial charge in [0.2, 0.25) is 5.43 Å². The number of H-pyrrole nitrogens is 1. The zero-order chi connectivity index (χ0) is 17.5. The summed E-state index contributed by atoms with van der Waals surface area (Å²) >= 11 is 0. The van der Waals surface area contributed by atoms with Crippen molar-refractivity contribution in [3.05, 3.63) is 40.2 Å². The van der Waals surface area contributed by atoms with Crippen molar-refractivity contribution in [3.63, 3.8) is 0 Å². The molecule has 0 aliphatic carbocycles. The lowest BCUT2D eigenvalue weighted by molar-refractivity contribution is -0.140. The van der Waals surface area contributed by atoms with E-state index in [4.69, 9.17) is 4.74 Å². The molecular weight excluding hydrogens is 312 g/mol. The number of nitrogens with one attached hydrogen (secondary N) is 2. The van der Waals surface area contributed by atoms with Gasteiger partial charge in [-0.2, -0.15) is 0 Å². The molecule has 0 saturated heterocycles. The van der Waals surface area contributed by atoms with Crippen LogP contribution in [0.15, 0.2) is 29.2 Å². The number of carbonyl (C=O) groups excluding carboxylic acids is 2. The van der Waals surface area contributed by atoms with Crippen LogP contribution in [0.5, 0.6) is 5.75 Å². The van der Waals surface area contributed by atoms with Crippen LogP contribution >= 0.6 is 0 Å². The van der Waals surface area contributed by atoms with Gasteiger partial charge in [0.15, 0.2) is 0 Å². The Hall–Kier alpha value is -2.83. The van der Waals surface area contributed by atoms with Gasteiger partial charge < -0.3 is 19.8 Å². The van der Waals surface area contributed by atoms with Crippen LogP contribution in [0.25, 0.3) is 10.9 Å². The predicted octanol–water partition coefficient (Wildman–Crippen LogP) is 1.61. The van der Waals surface area contributed by atoms with Crippen molar-refractivity contribution in [2.75, 3.05) is 20.8 Å². The maximum Gasteiger partial charge on any atom is 0.305 e. The molecule has 1 amide bonds. The Balaban J connectivity index is 2.01. The zero-order valence-corrected chi connectivity index (χ0v) is 13.7. The first-order valence-electron chi connectivity index (χ1n) is 7.61. The number of hydrogen-bond acceptors (Lipinski definition) is 5. The average molecular weight is 332 g/mol. The number of unbranched alkanes of at least 4 members (excludes halogenated alkanes) is 1. The minimum Gasteiger partial charge on any atom is -0.497 e. The normalized spacial score (nSPS) is 10.4. The minimum absolute atomic E-state index is 0.0561. The third-order valence-corrected chi connectivity index (χ3v) is 3.65. The van der Waals surface area contributed by atoms with E-state index in [1.54, 1.807) is 25.3 Å². The van der Waals surface area contributed by atoms with Crippen LogP contribution in [0.1, 0.15) is 29.6 Å². The van der Waals surface area contributed by atoms with E-state index in [0.717, 1.165) is 0 Å². The molecule has 0 fully saturated rings. The molecule has 0 unspecified atom stereocenters. The Morgan fingerprint density at radius 1 is 1.21 bits per heavy atom. The zero-order valence-electron chi connectivity index (χ0n) is 13.7. The van der Waals surface area contributed by atoms with Crippen LogP contribution in [0.2, 0.25) is 0 Å². The fourth-order valence-corrected chi connectivity index (χ4v) is 2.29.